The number of rotatable bonds is 8. The van der Waals surface area contributed by atoms with Gasteiger partial charge in [0, 0.05) is 49.1 Å². The molecule has 0 aliphatic carbocycles. The van der Waals surface area contributed by atoms with Crippen LogP contribution in [-0.2, 0) is 20.9 Å². The number of aliphatic imine (C=N–C) groups is 2. The molecule has 9 nitrogen and oxygen atoms in total. The summed E-state index contributed by atoms with van der Waals surface area (Å²) in [5, 5.41) is 22.3. The van der Waals surface area contributed by atoms with E-state index in [0.29, 0.717) is 19.6 Å². The summed E-state index contributed by atoms with van der Waals surface area (Å²) < 4.78 is 0. The Balaban J connectivity index is 1.30. The lowest BCUT2D eigenvalue weighted by Crippen LogP contribution is -2.36. The third-order valence-corrected chi connectivity index (χ3v) is 6.46. The predicted molar refractivity (Wildman–Crippen MR) is 138 cm³/mol. The summed E-state index contributed by atoms with van der Waals surface area (Å²) in [5.41, 5.74) is 3.72. The third kappa shape index (κ3) is 6.83. The van der Waals surface area contributed by atoms with E-state index in [1.165, 1.54) is 0 Å². The molecule has 2 aliphatic rings. The van der Waals surface area contributed by atoms with Crippen molar-refractivity contribution in [3.05, 3.63) is 70.8 Å². The number of nitrogens with zero attached hydrogens (tertiary/aromatic N) is 3. The van der Waals surface area contributed by atoms with Crippen LogP contribution in [0.15, 0.2) is 58.5 Å². The van der Waals surface area contributed by atoms with Crippen molar-refractivity contribution < 1.29 is 24.6 Å². The van der Waals surface area contributed by atoms with Gasteiger partial charge in [-0.05, 0) is 41.8 Å². The molecule has 1 saturated heterocycles. The zero-order valence-corrected chi connectivity index (χ0v) is 20.3. The minimum atomic E-state index is -0.839. The summed E-state index contributed by atoms with van der Waals surface area (Å²) in [6.07, 6.45) is 2.09. The Kier molecular flexibility index (Phi) is 8.69. The first-order valence-electron chi connectivity index (χ1n) is 12.1. The number of benzene rings is 2. The van der Waals surface area contributed by atoms with Crippen molar-refractivity contribution in [3.63, 3.8) is 0 Å². The maximum Gasteiger partial charge on any atom is 0.320 e. The van der Waals surface area contributed by atoms with Crippen molar-refractivity contribution in [2.75, 3.05) is 26.3 Å². The molecule has 190 valence electrons. The highest BCUT2D eigenvalue weighted by Gasteiger charge is 2.26. The van der Waals surface area contributed by atoms with E-state index in [2.05, 4.69) is 27.1 Å². The molecule has 0 spiro atoms. The molecule has 0 aromatic heterocycles. The average Bonchev–Trinajstić information content (AvgIpc) is 3.41. The topological polar surface area (TPSA) is 132 Å². The monoisotopic (exact) mass is 500 g/mol. The van der Waals surface area contributed by atoms with Gasteiger partial charge in [-0.15, -0.1) is 0 Å². The highest BCUT2D eigenvalue weighted by molar-refractivity contribution is 6.66. The first-order valence-corrected chi connectivity index (χ1v) is 12.1. The van der Waals surface area contributed by atoms with E-state index in [-0.39, 0.29) is 36.6 Å². The van der Waals surface area contributed by atoms with Crippen LogP contribution in [0.4, 0.5) is 0 Å². The third-order valence-electron chi connectivity index (χ3n) is 6.46. The van der Waals surface area contributed by atoms with E-state index in [0.717, 1.165) is 35.0 Å². The number of ketones is 1. The quantitative estimate of drug-likeness (QED) is 0.363. The molecular formula is C28H28N4O5. The minimum Gasteiger partial charge on any atom is -0.396 e. The van der Waals surface area contributed by atoms with Crippen molar-refractivity contribution in [1.29, 1.82) is 0 Å². The van der Waals surface area contributed by atoms with E-state index < -0.39 is 18.3 Å². The highest BCUT2D eigenvalue weighted by atomic mass is 16.3. The second-order valence-corrected chi connectivity index (χ2v) is 8.97. The van der Waals surface area contributed by atoms with E-state index in [9.17, 15) is 19.5 Å². The van der Waals surface area contributed by atoms with Crippen molar-refractivity contribution >= 4 is 29.6 Å². The van der Waals surface area contributed by atoms with E-state index in [1.807, 2.05) is 48.5 Å². The second-order valence-electron chi connectivity index (χ2n) is 8.97. The average molecular weight is 501 g/mol. The summed E-state index contributed by atoms with van der Waals surface area (Å²) in [7, 11) is 0. The molecule has 0 bridgehead atoms. The van der Waals surface area contributed by atoms with Crippen molar-refractivity contribution in [3.8, 4) is 11.8 Å². The van der Waals surface area contributed by atoms with Gasteiger partial charge in [-0.1, -0.05) is 36.1 Å². The molecule has 2 atom stereocenters. The molecule has 0 saturated carbocycles. The van der Waals surface area contributed by atoms with Gasteiger partial charge >= 0.3 is 5.91 Å². The zero-order valence-electron chi connectivity index (χ0n) is 20.3. The van der Waals surface area contributed by atoms with Gasteiger partial charge in [0.05, 0.1) is 12.3 Å². The Labute approximate surface area is 214 Å². The first-order chi connectivity index (χ1) is 18.0. The molecule has 9 heteroatoms. The number of Topliss-reactive ketones (excluding diaryl/α,β-unsaturated/α-hetero) is 1. The lowest BCUT2D eigenvalue weighted by molar-refractivity contribution is -0.133. The van der Waals surface area contributed by atoms with Gasteiger partial charge in [0.2, 0.25) is 5.91 Å². The molecule has 3 N–H and O–H groups in total. The van der Waals surface area contributed by atoms with Crippen LogP contribution in [0.1, 0.15) is 41.0 Å². The molecule has 37 heavy (non-hydrogen) atoms. The Bertz CT molecular complexity index is 1270. The molecule has 1 unspecified atom stereocenters. The smallest absolute Gasteiger partial charge is 0.320 e. The van der Waals surface area contributed by atoms with Gasteiger partial charge in [-0.25, -0.2) is 4.99 Å². The number of hydrogen-bond acceptors (Lipinski definition) is 7. The standard InChI is InChI=1S/C28H28N4O5/c33-16-23(13-25-27(36)28(37)31-18-30-25)22-9-7-20(8-10-22)2-1-19-3-5-21(6-4-19)14-29-24-11-12-32(15-24)26(35)17-34/h3-10,18,23-24,29,33-34H,11-17H2/t23?,24-/m1/s1. The molecule has 2 aliphatic heterocycles. The van der Waals surface area contributed by atoms with Gasteiger partial charge in [0.25, 0.3) is 5.78 Å². The van der Waals surface area contributed by atoms with Crippen LogP contribution >= 0.6 is 0 Å². The SMILES string of the molecule is O=C1N=CN=C(CC(CO)c2ccc(C#Cc3ccc(CN[C@@H]4CCN(C(=O)CO)C4)cc3)cc2)C1=O. The van der Waals surface area contributed by atoms with Crippen LogP contribution in [0, 0.1) is 11.8 Å². The van der Waals surface area contributed by atoms with Gasteiger partial charge < -0.3 is 20.4 Å². The summed E-state index contributed by atoms with van der Waals surface area (Å²) in [4.78, 5) is 43.9. The number of aliphatic hydroxyl groups excluding tert-OH is 2. The summed E-state index contributed by atoms with van der Waals surface area (Å²) in [6.45, 7) is 1.33. The zero-order chi connectivity index (χ0) is 26.2. The number of likely N-dealkylation sites (tertiary alicyclic amines) is 1. The van der Waals surface area contributed by atoms with Crippen LogP contribution in [0.5, 0.6) is 0 Å². The minimum absolute atomic E-state index is 0.101. The fourth-order valence-corrected chi connectivity index (χ4v) is 4.26. The fourth-order valence-electron chi connectivity index (χ4n) is 4.26. The second kappa shape index (κ2) is 12.3. The van der Waals surface area contributed by atoms with Crippen molar-refractivity contribution in [2.24, 2.45) is 9.98 Å². The van der Waals surface area contributed by atoms with Crippen LogP contribution in [0.25, 0.3) is 0 Å². The molecule has 2 heterocycles. The lowest BCUT2D eigenvalue weighted by Gasteiger charge is -2.16. The Morgan fingerprint density at radius 2 is 1.73 bits per heavy atom. The maximum atomic E-state index is 11.9. The molecule has 2 aromatic rings. The Morgan fingerprint density at radius 3 is 2.38 bits per heavy atom. The van der Waals surface area contributed by atoms with Crippen LogP contribution in [0.3, 0.4) is 0 Å². The van der Waals surface area contributed by atoms with Crippen LogP contribution < -0.4 is 5.32 Å². The first kappa shape index (κ1) is 26.1. The van der Waals surface area contributed by atoms with Gasteiger partial charge in [-0.2, -0.15) is 4.99 Å². The lowest BCUT2D eigenvalue weighted by atomic mass is 9.92. The number of carbonyl (C=O) groups is 3. The van der Waals surface area contributed by atoms with Gasteiger partial charge in [0.15, 0.2) is 0 Å². The molecular weight excluding hydrogens is 472 g/mol. The molecule has 1 fully saturated rings. The van der Waals surface area contributed by atoms with E-state index in [1.54, 1.807) is 4.90 Å². The summed E-state index contributed by atoms with van der Waals surface area (Å²) >= 11 is 0. The summed E-state index contributed by atoms with van der Waals surface area (Å²) in [5.74, 6) is 4.11. The number of amides is 2. The Hall–Kier alpha value is -3.97. The molecule has 2 aromatic carbocycles. The summed E-state index contributed by atoms with van der Waals surface area (Å²) in [6, 6.07) is 15.6. The number of hydrogen-bond donors (Lipinski definition) is 3. The van der Waals surface area contributed by atoms with Gasteiger partial charge in [-0.3, -0.25) is 14.4 Å². The molecule has 0 radical (unpaired) electrons. The fraction of sp³-hybridized carbons (Fsp3) is 0.321. The normalized spacial score (nSPS) is 17.8. The van der Waals surface area contributed by atoms with E-state index >= 15 is 0 Å². The van der Waals surface area contributed by atoms with Crippen LogP contribution in [-0.4, -0.2) is 77.1 Å². The molecule has 4 rings (SSSR count). The van der Waals surface area contributed by atoms with Gasteiger partial charge in [0.1, 0.15) is 12.9 Å². The van der Waals surface area contributed by atoms with Crippen molar-refractivity contribution in [2.45, 2.75) is 31.3 Å². The maximum absolute atomic E-state index is 11.9. The number of nitrogens with one attached hydrogen (secondary N) is 1. The Morgan fingerprint density at radius 1 is 1.05 bits per heavy atom. The predicted octanol–water partition coefficient (Wildman–Crippen LogP) is 0.814. The largest absolute Gasteiger partial charge is 0.396 e. The highest BCUT2D eigenvalue weighted by Crippen LogP contribution is 2.21. The number of aliphatic hydroxyl groups is 2. The van der Waals surface area contributed by atoms with Crippen LogP contribution in [0.2, 0.25) is 0 Å². The van der Waals surface area contributed by atoms with Crippen molar-refractivity contribution in [1.82, 2.24) is 10.2 Å². The van der Waals surface area contributed by atoms with E-state index in [4.69, 9.17) is 5.11 Å². The molecule has 2 amide bonds. The number of carbonyl (C=O) groups excluding carboxylic acids is 3.